The van der Waals surface area contributed by atoms with Gasteiger partial charge in [0.2, 0.25) is 55.7 Å². The average Bonchev–Trinajstić information content (AvgIpc) is 3.16. The van der Waals surface area contributed by atoms with E-state index in [-0.39, 0.29) is 56.4 Å². The van der Waals surface area contributed by atoms with Gasteiger partial charge in [-0.3, -0.25) is 47.9 Å². The Balaban J connectivity index is -0.000000130. The third-order valence-corrected chi connectivity index (χ3v) is 5.95. The van der Waals surface area contributed by atoms with Crippen molar-refractivity contribution in [2.75, 3.05) is 114 Å². The molecule has 54 heavy (non-hydrogen) atoms. The molecule has 0 atom stereocenters. The van der Waals surface area contributed by atoms with Crippen molar-refractivity contribution >= 4 is 61.6 Å². The lowest BCUT2D eigenvalue weighted by molar-refractivity contribution is -0.137. The minimum atomic E-state index is -1.04. The summed E-state index contributed by atoms with van der Waals surface area (Å²) < 4.78 is 0. The van der Waals surface area contributed by atoms with Crippen LogP contribution >= 0.6 is 0 Å². The number of aliphatic carboxylic acids is 1. The predicted octanol–water partition coefficient (Wildman–Crippen LogP) is -3.04. The van der Waals surface area contributed by atoms with Crippen LogP contribution in [0.5, 0.6) is 0 Å². The van der Waals surface area contributed by atoms with Crippen LogP contribution < -0.4 is 21.3 Å². The fourth-order valence-corrected chi connectivity index (χ4v) is 2.43. The molecule has 0 spiro atoms. The van der Waals surface area contributed by atoms with E-state index in [0.29, 0.717) is 58.2 Å². The summed E-state index contributed by atoms with van der Waals surface area (Å²) in [4.78, 5) is 111. The second kappa shape index (κ2) is 45.7. The average molecular weight is 781 g/mol. The maximum absolute atomic E-state index is 11.1. The molecule has 21 heteroatoms. The number of likely N-dealkylation sites (N-methyl/N-ethyl adjacent to an activating group) is 7. The number of rotatable bonds is 21. The van der Waals surface area contributed by atoms with Crippen molar-refractivity contribution in [1.82, 2.24) is 50.7 Å². The number of carboxylic acids is 1. The Morgan fingerprint density at radius 3 is 1.07 bits per heavy atom. The molecule has 316 valence electrons. The van der Waals surface area contributed by atoms with E-state index in [1.54, 1.807) is 52.1 Å². The third kappa shape index (κ3) is 51.0. The summed E-state index contributed by atoms with van der Waals surface area (Å²) >= 11 is 0. The minimum Gasteiger partial charge on any atom is -0.480 e. The normalized spacial score (nSPS) is 8.59. The number of amides is 9. The van der Waals surface area contributed by atoms with Crippen LogP contribution in [0.25, 0.3) is 0 Å². The fraction of sp³-hybridized carbons (Fsp3) is 0.697. The van der Waals surface area contributed by atoms with Crippen LogP contribution in [0.3, 0.4) is 0 Å². The Kier molecular flexibility index (Phi) is 51.4. The summed E-state index contributed by atoms with van der Waals surface area (Å²) in [6.07, 6.45) is 2.76. The highest BCUT2D eigenvalue weighted by Gasteiger charge is 2.08. The van der Waals surface area contributed by atoms with Crippen molar-refractivity contribution in [3.63, 3.8) is 0 Å². The molecule has 9 amide bonds. The molecule has 0 saturated heterocycles. The highest BCUT2D eigenvalue weighted by atomic mass is 16.4. The molecule has 21 nitrogen and oxygen atoms in total. The van der Waals surface area contributed by atoms with Gasteiger partial charge in [-0.25, -0.2) is 0 Å². The van der Waals surface area contributed by atoms with Crippen molar-refractivity contribution in [3.05, 3.63) is 0 Å². The summed E-state index contributed by atoms with van der Waals surface area (Å²) in [5.74, 6) is -1.32. The third-order valence-electron chi connectivity index (χ3n) is 5.95. The number of carbonyl (C=O) groups excluding carboxylic acids is 9. The largest absolute Gasteiger partial charge is 0.480 e. The standard InChI is InChI=1S/2C7H14N2O2.2C6H12N2O2.C4H11N.C3H5NO3/c2*1-4-9(3)7(11)5-8(2)6-10;1-3-8(2)6(10)4-7-5-9;1-3-7-6(10)4-8(2)5-9;1-3-5-4-2;5-2-4-1-3(6)7/h2*6H,4-5H2,1-3H3;5H,3-4H2,1-2H3,(H,7,9);5H,3-4H2,1-2H3,(H,7,10);5H,3-4H2,1-2H3;2H,1H2,(H,4,5)(H,6,7). The number of nitrogens with zero attached hydrogens (tertiary/aromatic N) is 6. The molecule has 5 N–H and O–H groups in total. The molecule has 0 unspecified atom stereocenters. The van der Waals surface area contributed by atoms with Crippen LogP contribution in [0, 0.1) is 0 Å². The van der Waals surface area contributed by atoms with Gasteiger partial charge < -0.3 is 55.8 Å². The van der Waals surface area contributed by atoms with E-state index in [1.807, 2.05) is 33.0 Å². The van der Waals surface area contributed by atoms with E-state index >= 15 is 0 Å². The fourth-order valence-electron chi connectivity index (χ4n) is 2.43. The van der Waals surface area contributed by atoms with Gasteiger partial charge >= 0.3 is 5.97 Å². The molecule has 0 fully saturated rings. The monoisotopic (exact) mass is 781 g/mol. The van der Waals surface area contributed by atoms with Crippen molar-refractivity contribution < 1.29 is 53.1 Å². The van der Waals surface area contributed by atoms with Crippen LogP contribution in [0.1, 0.15) is 41.5 Å². The van der Waals surface area contributed by atoms with Gasteiger partial charge in [0, 0.05) is 68.5 Å². The lowest BCUT2D eigenvalue weighted by Crippen LogP contribution is -2.35. The van der Waals surface area contributed by atoms with Gasteiger partial charge in [-0.05, 0) is 40.8 Å². The predicted molar refractivity (Wildman–Crippen MR) is 205 cm³/mol. The number of carbonyl (C=O) groups is 10. The van der Waals surface area contributed by atoms with E-state index in [9.17, 15) is 47.9 Å². The Morgan fingerprint density at radius 2 is 0.833 bits per heavy atom. The van der Waals surface area contributed by atoms with E-state index in [4.69, 9.17) is 5.11 Å². The topological polar surface area (TPSA) is 258 Å². The Hall–Kier alpha value is -5.34. The Morgan fingerprint density at radius 1 is 0.500 bits per heavy atom. The van der Waals surface area contributed by atoms with Gasteiger partial charge in [-0.2, -0.15) is 0 Å². The highest BCUT2D eigenvalue weighted by molar-refractivity contribution is 5.81. The zero-order valence-electron chi connectivity index (χ0n) is 34.4. The van der Waals surface area contributed by atoms with Crippen LogP contribution in [0.15, 0.2) is 0 Å². The molecule has 0 bridgehead atoms. The van der Waals surface area contributed by atoms with Gasteiger partial charge in [0.15, 0.2) is 0 Å². The molecule has 0 aliphatic rings. The zero-order chi connectivity index (χ0) is 43.5. The molecule has 0 rings (SSSR count). The van der Waals surface area contributed by atoms with Crippen LogP contribution in [0.2, 0.25) is 0 Å². The van der Waals surface area contributed by atoms with Crippen LogP contribution in [-0.4, -0.2) is 210 Å². The molecular weight excluding hydrogens is 712 g/mol. The highest BCUT2D eigenvalue weighted by Crippen LogP contribution is 1.86. The first-order chi connectivity index (χ1) is 25.3. The van der Waals surface area contributed by atoms with Crippen molar-refractivity contribution in [1.29, 1.82) is 0 Å². The molecule has 0 aromatic carbocycles. The first-order valence-corrected chi connectivity index (χ1v) is 17.1. The Bertz CT molecular complexity index is 988. The van der Waals surface area contributed by atoms with E-state index in [2.05, 4.69) is 29.8 Å². The first kappa shape index (κ1) is 60.7. The first-order valence-electron chi connectivity index (χ1n) is 17.1. The van der Waals surface area contributed by atoms with Crippen molar-refractivity contribution in [2.24, 2.45) is 0 Å². The summed E-state index contributed by atoms with van der Waals surface area (Å²) in [5.41, 5.74) is 0. The van der Waals surface area contributed by atoms with Crippen molar-refractivity contribution in [3.8, 4) is 0 Å². The Labute approximate surface area is 321 Å². The minimum absolute atomic E-state index is 0.0397. The zero-order valence-corrected chi connectivity index (χ0v) is 34.4. The molecule has 0 radical (unpaired) electrons. The molecule has 0 aromatic heterocycles. The van der Waals surface area contributed by atoms with Gasteiger partial charge in [0.1, 0.15) is 6.54 Å². The molecular formula is C33H68N10O11. The van der Waals surface area contributed by atoms with E-state index in [0.717, 1.165) is 13.1 Å². The quantitative estimate of drug-likeness (QED) is 0.0729. The molecule has 0 aliphatic carbocycles. The SMILES string of the molecule is CCN(C)C(=O)CN(C)C=O.CCN(C)C(=O)CN(C)C=O.CCN(C)C(=O)CNC=O.CCNC(=O)CN(C)C=O.CCNCC.O=CNCC(=O)O. The second-order valence-corrected chi connectivity index (χ2v) is 10.6. The van der Waals surface area contributed by atoms with Crippen LogP contribution in [-0.2, 0) is 47.9 Å². The summed E-state index contributed by atoms with van der Waals surface area (Å²) in [5, 5.41) is 17.8. The maximum atomic E-state index is 11.1. The van der Waals surface area contributed by atoms with Gasteiger partial charge in [0.25, 0.3) is 0 Å². The summed E-state index contributed by atoms with van der Waals surface area (Å²) in [6.45, 7) is 16.7. The van der Waals surface area contributed by atoms with Gasteiger partial charge in [-0.1, -0.05) is 13.8 Å². The number of hydrogen-bond donors (Lipinski definition) is 5. The smallest absolute Gasteiger partial charge is 0.322 e. The molecule has 0 saturated carbocycles. The second-order valence-electron chi connectivity index (χ2n) is 10.6. The number of nitrogens with one attached hydrogen (secondary N) is 4. The summed E-state index contributed by atoms with van der Waals surface area (Å²) in [6, 6.07) is 0. The van der Waals surface area contributed by atoms with E-state index < -0.39 is 5.97 Å². The maximum Gasteiger partial charge on any atom is 0.322 e. The van der Waals surface area contributed by atoms with Crippen LogP contribution in [0.4, 0.5) is 0 Å². The van der Waals surface area contributed by atoms with Gasteiger partial charge in [-0.15, -0.1) is 0 Å². The van der Waals surface area contributed by atoms with Crippen molar-refractivity contribution in [2.45, 2.75) is 41.5 Å². The summed E-state index contributed by atoms with van der Waals surface area (Å²) in [7, 11) is 9.82. The lowest BCUT2D eigenvalue weighted by Gasteiger charge is -2.17. The lowest BCUT2D eigenvalue weighted by atomic mass is 10.5. The molecule has 0 heterocycles. The van der Waals surface area contributed by atoms with E-state index in [1.165, 1.54) is 19.6 Å². The number of carboxylic acid groups (broad SMARTS) is 1. The number of hydrogen-bond acceptors (Lipinski definition) is 11. The van der Waals surface area contributed by atoms with Gasteiger partial charge in [0.05, 0.1) is 26.2 Å². The molecule has 0 aromatic rings. The molecule has 0 aliphatic heterocycles.